The third kappa shape index (κ3) is 3.91. The van der Waals surface area contributed by atoms with Crippen molar-refractivity contribution in [2.45, 2.75) is 13.8 Å². The molecule has 0 atom stereocenters. The van der Waals surface area contributed by atoms with Crippen LogP contribution in [0.2, 0.25) is 0 Å². The number of nitrogens with two attached hydrogens (primary N) is 2. The van der Waals surface area contributed by atoms with Crippen LogP contribution in [0.4, 0.5) is 10.6 Å². The quantitative estimate of drug-likeness (QED) is 0.567. The lowest BCUT2D eigenvalue weighted by molar-refractivity contribution is -0.123. The second-order valence-corrected chi connectivity index (χ2v) is 7.16. The summed E-state index contributed by atoms with van der Waals surface area (Å²) >= 11 is 1.55. The number of ether oxygens (including phenoxy) is 1. The van der Waals surface area contributed by atoms with Gasteiger partial charge in [-0.05, 0) is 31.5 Å². The summed E-state index contributed by atoms with van der Waals surface area (Å²) < 4.78 is 4.82. The van der Waals surface area contributed by atoms with Gasteiger partial charge in [0.25, 0.3) is 5.91 Å². The predicted octanol–water partition coefficient (Wildman–Crippen LogP) is 1.91. The van der Waals surface area contributed by atoms with E-state index in [4.69, 9.17) is 16.2 Å². The summed E-state index contributed by atoms with van der Waals surface area (Å²) in [6.07, 6.45) is 0. The van der Waals surface area contributed by atoms with Gasteiger partial charge in [-0.3, -0.25) is 10.1 Å². The van der Waals surface area contributed by atoms with Crippen molar-refractivity contribution in [2.75, 3.05) is 12.3 Å². The van der Waals surface area contributed by atoms with Crippen LogP contribution in [0.15, 0.2) is 24.3 Å². The zero-order valence-corrected chi connectivity index (χ0v) is 15.9. The van der Waals surface area contributed by atoms with Crippen LogP contribution in [0.5, 0.6) is 0 Å². The summed E-state index contributed by atoms with van der Waals surface area (Å²) in [6.45, 7) is 3.37. The molecule has 0 aliphatic rings. The summed E-state index contributed by atoms with van der Waals surface area (Å²) in [5, 5.41) is 2.66. The highest BCUT2D eigenvalue weighted by Crippen LogP contribution is 2.33. The third-order valence-electron chi connectivity index (χ3n) is 4.03. The number of hydrogen-bond donors (Lipinski definition) is 3. The molecule has 0 unspecified atom stereocenters. The summed E-state index contributed by atoms with van der Waals surface area (Å²) in [5.41, 5.74) is 12.9. The number of carbonyl (C=O) groups excluding carboxylic acids is 3. The average Bonchev–Trinajstić information content (AvgIpc) is 2.93. The van der Waals surface area contributed by atoms with Crippen molar-refractivity contribution in [3.63, 3.8) is 0 Å². The lowest BCUT2D eigenvalue weighted by atomic mass is 10.1. The molecule has 9 nitrogen and oxygen atoms in total. The zero-order chi connectivity index (χ0) is 20.4. The first-order valence-electron chi connectivity index (χ1n) is 8.16. The monoisotopic (exact) mass is 399 g/mol. The van der Waals surface area contributed by atoms with Gasteiger partial charge in [-0.25, -0.2) is 19.6 Å². The zero-order valence-electron chi connectivity index (χ0n) is 15.1. The van der Waals surface area contributed by atoms with E-state index in [1.807, 2.05) is 13.8 Å². The molecule has 0 bridgehead atoms. The molecule has 1 aromatic carbocycles. The van der Waals surface area contributed by atoms with Gasteiger partial charge in [0.05, 0.1) is 10.9 Å². The van der Waals surface area contributed by atoms with E-state index < -0.39 is 24.5 Å². The molecule has 0 spiro atoms. The molecule has 0 saturated carbocycles. The average molecular weight is 399 g/mol. The maximum atomic E-state index is 12.0. The van der Waals surface area contributed by atoms with Gasteiger partial charge >= 0.3 is 12.0 Å². The van der Waals surface area contributed by atoms with Crippen molar-refractivity contribution in [1.82, 2.24) is 15.3 Å². The standard InChI is InChI=1S/C18H17N5O4S/c1-8-9(2)28-16-13(8)14(19)22-15(23-16)10-3-5-11(6-4-10)17(25)27-7-12(24)21-18(20)26/h3-6H,7H2,1-2H3,(H2,19,22,23)(H3,20,21,24,26). The number of primary amides is 1. The van der Waals surface area contributed by atoms with Crippen LogP contribution in [0.1, 0.15) is 20.8 Å². The Morgan fingerprint density at radius 3 is 2.46 bits per heavy atom. The Kier molecular flexibility index (Phi) is 5.23. The predicted molar refractivity (Wildman–Crippen MR) is 105 cm³/mol. The Bertz CT molecular complexity index is 1090. The highest BCUT2D eigenvalue weighted by atomic mass is 32.1. The molecule has 5 N–H and O–H groups in total. The Hall–Kier alpha value is -3.53. The largest absolute Gasteiger partial charge is 0.452 e. The van der Waals surface area contributed by atoms with Crippen molar-refractivity contribution in [1.29, 1.82) is 0 Å². The molecule has 3 aromatic rings. The van der Waals surface area contributed by atoms with E-state index in [-0.39, 0.29) is 5.56 Å². The van der Waals surface area contributed by atoms with Gasteiger partial charge in [0.2, 0.25) is 0 Å². The van der Waals surface area contributed by atoms with Crippen LogP contribution < -0.4 is 16.8 Å². The minimum Gasteiger partial charge on any atom is -0.452 e. The fraction of sp³-hybridized carbons (Fsp3) is 0.167. The number of aromatic nitrogens is 2. The van der Waals surface area contributed by atoms with Gasteiger partial charge in [-0.15, -0.1) is 11.3 Å². The number of thiophene rings is 1. The summed E-state index contributed by atoms with van der Waals surface area (Å²) in [7, 11) is 0. The molecule has 0 radical (unpaired) electrons. The second-order valence-electron chi connectivity index (χ2n) is 5.96. The first-order chi connectivity index (χ1) is 13.3. The molecule has 28 heavy (non-hydrogen) atoms. The van der Waals surface area contributed by atoms with Crippen LogP contribution in [0, 0.1) is 13.8 Å². The summed E-state index contributed by atoms with van der Waals surface area (Å²) in [5.74, 6) is -0.666. The maximum absolute atomic E-state index is 12.0. The minimum atomic E-state index is -1.02. The van der Waals surface area contributed by atoms with Crippen LogP contribution in [-0.4, -0.2) is 34.5 Å². The maximum Gasteiger partial charge on any atom is 0.338 e. The number of urea groups is 1. The highest BCUT2D eigenvalue weighted by molar-refractivity contribution is 7.18. The molecular weight excluding hydrogens is 382 g/mol. The Morgan fingerprint density at radius 1 is 1.14 bits per heavy atom. The first-order valence-corrected chi connectivity index (χ1v) is 8.98. The van der Waals surface area contributed by atoms with Gasteiger partial charge in [0, 0.05) is 10.4 Å². The number of anilines is 1. The first kappa shape index (κ1) is 19.2. The normalized spacial score (nSPS) is 10.6. The molecule has 0 fully saturated rings. The molecule has 0 aliphatic carbocycles. The second kappa shape index (κ2) is 7.61. The van der Waals surface area contributed by atoms with E-state index >= 15 is 0 Å². The molecule has 0 aliphatic heterocycles. The van der Waals surface area contributed by atoms with Gasteiger partial charge in [-0.1, -0.05) is 12.1 Å². The number of carbonyl (C=O) groups is 3. The number of esters is 1. The van der Waals surface area contributed by atoms with Crippen LogP contribution in [0.3, 0.4) is 0 Å². The number of fused-ring (bicyclic) bond motifs is 1. The number of hydrogen-bond acceptors (Lipinski definition) is 8. The van der Waals surface area contributed by atoms with Crippen molar-refractivity contribution < 1.29 is 19.1 Å². The van der Waals surface area contributed by atoms with E-state index in [1.165, 1.54) is 12.1 Å². The fourth-order valence-electron chi connectivity index (χ4n) is 2.55. The van der Waals surface area contributed by atoms with E-state index in [0.29, 0.717) is 17.2 Å². The summed E-state index contributed by atoms with van der Waals surface area (Å²) in [4.78, 5) is 44.7. The van der Waals surface area contributed by atoms with E-state index in [9.17, 15) is 14.4 Å². The van der Waals surface area contributed by atoms with E-state index in [2.05, 4.69) is 9.97 Å². The molecule has 10 heteroatoms. The Balaban J connectivity index is 1.77. The van der Waals surface area contributed by atoms with Gasteiger partial charge in [-0.2, -0.15) is 0 Å². The fourth-order valence-corrected chi connectivity index (χ4v) is 3.59. The van der Waals surface area contributed by atoms with Crippen molar-refractivity contribution in [3.05, 3.63) is 40.3 Å². The smallest absolute Gasteiger partial charge is 0.338 e. The number of benzene rings is 1. The molecule has 3 rings (SSSR count). The van der Waals surface area contributed by atoms with Crippen LogP contribution >= 0.6 is 11.3 Å². The van der Waals surface area contributed by atoms with E-state index in [1.54, 1.807) is 28.8 Å². The lowest BCUT2D eigenvalue weighted by Crippen LogP contribution is -2.37. The number of nitrogens with one attached hydrogen (secondary N) is 1. The van der Waals surface area contributed by atoms with Crippen LogP contribution in [-0.2, 0) is 9.53 Å². The van der Waals surface area contributed by atoms with Gasteiger partial charge in [0.15, 0.2) is 12.4 Å². The van der Waals surface area contributed by atoms with Crippen molar-refractivity contribution >= 4 is 45.3 Å². The van der Waals surface area contributed by atoms with E-state index in [0.717, 1.165) is 20.7 Å². The number of rotatable bonds is 4. The number of amides is 3. The highest BCUT2D eigenvalue weighted by Gasteiger charge is 2.15. The molecule has 3 amide bonds. The number of aryl methyl sites for hydroxylation is 2. The molecular formula is C18H17N5O4S. The topological polar surface area (TPSA) is 150 Å². The van der Waals surface area contributed by atoms with Crippen molar-refractivity contribution in [2.24, 2.45) is 5.73 Å². The number of imide groups is 1. The van der Waals surface area contributed by atoms with Gasteiger partial charge in [0.1, 0.15) is 10.6 Å². The molecule has 2 heterocycles. The molecule has 0 saturated heterocycles. The molecule has 2 aromatic heterocycles. The minimum absolute atomic E-state index is 0.229. The van der Waals surface area contributed by atoms with Gasteiger partial charge < -0.3 is 16.2 Å². The number of nitrogens with zero attached hydrogens (tertiary/aromatic N) is 2. The van der Waals surface area contributed by atoms with Crippen LogP contribution in [0.25, 0.3) is 21.6 Å². The molecule has 144 valence electrons. The lowest BCUT2D eigenvalue weighted by Gasteiger charge is -2.06. The Labute approximate surface area is 163 Å². The summed E-state index contributed by atoms with van der Waals surface area (Å²) in [6, 6.07) is 5.36. The Morgan fingerprint density at radius 2 is 1.82 bits per heavy atom. The van der Waals surface area contributed by atoms with Crippen molar-refractivity contribution in [3.8, 4) is 11.4 Å². The SMILES string of the molecule is Cc1sc2nc(-c3ccc(C(=O)OCC(=O)NC(N)=O)cc3)nc(N)c2c1C. The third-order valence-corrected chi connectivity index (χ3v) is 5.13. The number of nitrogen functional groups attached to an aromatic ring is 1.